The maximum absolute atomic E-state index is 13.4. The van der Waals surface area contributed by atoms with Gasteiger partial charge in [-0.15, -0.1) is 0 Å². The van der Waals surface area contributed by atoms with Crippen LogP contribution >= 0.6 is 11.8 Å². The number of hydrogen-bond donors (Lipinski definition) is 1. The Morgan fingerprint density at radius 1 is 1.14 bits per heavy atom. The normalized spacial score (nSPS) is 22.7. The van der Waals surface area contributed by atoms with Gasteiger partial charge in [-0.05, 0) is 49.4 Å². The Hall–Kier alpha value is -1.64. The fourth-order valence-electron chi connectivity index (χ4n) is 5.00. The molecule has 2 saturated heterocycles. The summed E-state index contributed by atoms with van der Waals surface area (Å²) in [5, 5.41) is 2.98. The predicted molar refractivity (Wildman–Crippen MR) is 144 cm³/mol. The summed E-state index contributed by atoms with van der Waals surface area (Å²) in [6.45, 7) is 14.6. The van der Waals surface area contributed by atoms with Gasteiger partial charge in [-0.3, -0.25) is 14.4 Å². The monoisotopic (exact) mass is 518 g/mol. The fourth-order valence-corrected chi connectivity index (χ4v) is 6.55. The van der Waals surface area contributed by atoms with Gasteiger partial charge in [0.15, 0.2) is 14.2 Å². The minimum atomic E-state index is -1.23. The molecule has 8 heteroatoms. The average molecular weight is 519 g/mol. The second-order valence-corrected chi connectivity index (χ2v) is 14.8. The zero-order valence-corrected chi connectivity index (χ0v) is 24.1. The van der Waals surface area contributed by atoms with Gasteiger partial charge in [0, 0.05) is 30.5 Å². The molecule has 2 fully saturated rings. The molecule has 0 radical (unpaired) electrons. The molecular weight excluding hydrogens is 476 g/mol. The molecule has 2 heterocycles. The number of thioether (sulfide) groups is 1. The van der Waals surface area contributed by atoms with Gasteiger partial charge < -0.3 is 14.6 Å². The largest absolute Gasteiger partial charge is 0.420 e. The van der Waals surface area contributed by atoms with Gasteiger partial charge in [-0.25, -0.2) is 0 Å². The lowest BCUT2D eigenvalue weighted by molar-refractivity contribution is -0.145. The van der Waals surface area contributed by atoms with Crippen LogP contribution in [-0.2, 0) is 14.0 Å². The third-order valence-corrected chi connectivity index (χ3v) is 9.29. The van der Waals surface area contributed by atoms with Crippen LogP contribution in [0.25, 0.3) is 0 Å². The van der Waals surface area contributed by atoms with Crippen molar-refractivity contribution in [1.29, 1.82) is 0 Å². The summed E-state index contributed by atoms with van der Waals surface area (Å²) >= 11 is 1.13. The summed E-state index contributed by atoms with van der Waals surface area (Å²) < 4.78 is 6.06. The van der Waals surface area contributed by atoms with Gasteiger partial charge in [-0.2, -0.15) is 0 Å². The van der Waals surface area contributed by atoms with E-state index in [2.05, 4.69) is 39.2 Å². The first-order chi connectivity index (χ1) is 16.5. The van der Waals surface area contributed by atoms with E-state index in [1.165, 1.54) is 0 Å². The highest BCUT2D eigenvalue weighted by molar-refractivity contribution is 8.13. The zero-order valence-electron chi connectivity index (χ0n) is 22.1. The van der Waals surface area contributed by atoms with E-state index >= 15 is 0 Å². The molecule has 0 unspecified atom stereocenters. The summed E-state index contributed by atoms with van der Waals surface area (Å²) in [6, 6.07) is 7.19. The number of carbonyl (C=O) groups excluding carboxylic acids is 3. The van der Waals surface area contributed by atoms with E-state index < -0.39 is 9.04 Å². The lowest BCUT2D eigenvalue weighted by atomic mass is 9.65. The summed E-state index contributed by atoms with van der Waals surface area (Å²) in [4.78, 5) is 42.0. The molecular formula is C27H42N2O4SSi. The number of likely N-dealkylation sites (tertiary alicyclic amines) is 1. The summed E-state index contributed by atoms with van der Waals surface area (Å²) in [5.74, 6) is -0.576. The standard InChI is InChI=1S/C27H42N2O4SSi/c1-18(23-22(24(30)28-23)20(27(2,3)4)17-33-35(5)6)26(32)34-21-14-10-9-13-19(21)25(31)29-15-11-7-8-12-16-29/h9-10,13-14,18,20,22-23,35H,7-8,11-12,15-17H2,1-6H3,(H,28,30)/t18-,20-,22+,23-/m1/s1. The zero-order chi connectivity index (χ0) is 25.8. The number of carbonyl (C=O) groups is 3. The summed E-state index contributed by atoms with van der Waals surface area (Å²) in [7, 11) is -1.23. The van der Waals surface area contributed by atoms with E-state index in [1.807, 2.05) is 36.1 Å². The Balaban J connectivity index is 1.73. The Morgan fingerprint density at radius 2 is 1.77 bits per heavy atom. The van der Waals surface area contributed by atoms with E-state index in [4.69, 9.17) is 4.43 Å². The molecule has 0 bridgehead atoms. The smallest absolute Gasteiger partial charge is 0.255 e. The van der Waals surface area contributed by atoms with Gasteiger partial charge in [0.25, 0.3) is 5.91 Å². The van der Waals surface area contributed by atoms with Gasteiger partial charge in [-0.1, -0.05) is 64.4 Å². The average Bonchev–Trinajstić information content (AvgIpc) is 3.08. The molecule has 1 aromatic rings. The molecule has 0 aromatic heterocycles. The topological polar surface area (TPSA) is 75.7 Å². The van der Waals surface area contributed by atoms with Crippen molar-refractivity contribution in [1.82, 2.24) is 10.2 Å². The minimum Gasteiger partial charge on any atom is -0.420 e. The second kappa shape index (κ2) is 12.1. The predicted octanol–water partition coefficient (Wildman–Crippen LogP) is 4.73. The van der Waals surface area contributed by atoms with E-state index in [0.29, 0.717) is 17.1 Å². The van der Waals surface area contributed by atoms with Crippen LogP contribution in [0.1, 0.15) is 63.7 Å². The molecule has 6 nitrogen and oxygen atoms in total. The van der Waals surface area contributed by atoms with Crippen molar-refractivity contribution in [3.05, 3.63) is 29.8 Å². The Labute approximate surface area is 216 Å². The molecule has 2 amide bonds. The maximum atomic E-state index is 13.4. The van der Waals surface area contributed by atoms with Crippen LogP contribution in [0.5, 0.6) is 0 Å². The fraction of sp³-hybridized carbons (Fsp3) is 0.667. The molecule has 3 rings (SSSR count). The third kappa shape index (κ3) is 6.98. The lowest BCUT2D eigenvalue weighted by Gasteiger charge is -2.48. The Kier molecular flexibility index (Phi) is 9.63. The number of β-lactam (4-membered cyclic amide) rings is 1. The van der Waals surface area contributed by atoms with E-state index in [1.54, 1.807) is 0 Å². The first-order valence-corrected chi connectivity index (χ1v) is 16.6. The molecule has 1 N–H and O–H groups in total. The van der Waals surface area contributed by atoms with Crippen LogP contribution in [0.3, 0.4) is 0 Å². The molecule has 2 aliphatic rings. The van der Waals surface area contributed by atoms with Crippen molar-refractivity contribution in [2.24, 2.45) is 23.2 Å². The highest BCUT2D eigenvalue weighted by atomic mass is 32.2. The van der Waals surface area contributed by atoms with Crippen molar-refractivity contribution in [2.75, 3.05) is 19.7 Å². The van der Waals surface area contributed by atoms with Crippen LogP contribution < -0.4 is 5.32 Å². The number of rotatable bonds is 8. The molecule has 194 valence electrons. The number of benzene rings is 1. The molecule has 0 saturated carbocycles. The van der Waals surface area contributed by atoms with Crippen molar-refractivity contribution < 1.29 is 18.8 Å². The number of nitrogens with one attached hydrogen (secondary N) is 1. The van der Waals surface area contributed by atoms with Crippen molar-refractivity contribution >= 4 is 37.7 Å². The van der Waals surface area contributed by atoms with E-state index in [9.17, 15) is 14.4 Å². The Bertz CT molecular complexity index is 909. The number of hydrogen-bond acceptors (Lipinski definition) is 5. The quantitative estimate of drug-likeness (QED) is 0.306. The molecule has 2 aliphatic heterocycles. The van der Waals surface area contributed by atoms with Crippen LogP contribution in [0.2, 0.25) is 13.1 Å². The van der Waals surface area contributed by atoms with Crippen LogP contribution in [0.15, 0.2) is 29.2 Å². The number of amides is 2. The minimum absolute atomic E-state index is 0.00494. The highest BCUT2D eigenvalue weighted by Gasteiger charge is 2.51. The van der Waals surface area contributed by atoms with Gasteiger partial charge in [0.05, 0.1) is 17.5 Å². The van der Waals surface area contributed by atoms with Crippen molar-refractivity contribution in [2.45, 2.75) is 77.4 Å². The maximum Gasteiger partial charge on any atom is 0.255 e. The van der Waals surface area contributed by atoms with Gasteiger partial charge in [0.1, 0.15) is 0 Å². The third-order valence-electron chi connectivity index (χ3n) is 7.29. The molecule has 0 spiro atoms. The number of nitrogens with zero attached hydrogens (tertiary/aromatic N) is 1. The van der Waals surface area contributed by atoms with Gasteiger partial charge >= 0.3 is 0 Å². The van der Waals surface area contributed by atoms with E-state index in [-0.39, 0.29) is 46.1 Å². The first-order valence-electron chi connectivity index (χ1n) is 13.0. The molecule has 4 atom stereocenters. The molecule has 1 aromatic carbocycles. The SMILES string of the molecule is C[C@@H](C(=O)Sc1ccccc1C(=O)N1CCCCCC1)[C@H]1NC(=O)[C@H]1[C@@H](CO[SiH](C)C)C(C)(C)C. The highest BCUT2D eigenvalue weighted by Crippen LogP contribution is 2.41. The summed E-state index contributed by atoms with van der Waals surface area (Å²) in [5.41, 5.74) is 0.475. The van der Waals surface area contributed by atoms with Crippen molar-refractivity contribution in [3.8, 4) is 0 Å². The molecule has 0 aliphatic carbocycles. The summed E-state index contributed by atoms with van der Waals surface area (Å²) in [6.07, 6.45) is 4.37. The van der Waals surface area contributed by atoms with Crippen LogP contribution in [0.4, 0.5) is 0 Å². The first kappa shape index (κ1) is 27.9. The van der Waals surface area contributed by atoms with Crippen LogP contribution in [0, 0.1) is 23.2 Å². The van der Waals surface area contributed by atoms with Crippen LogP contribution in [-0.4, -0.2) is 56.6 Å². The molecule has 35 heavy (non-hydrogen) atoms. The van der Waals surface area contributed by atoms with E-state index in [0.717, 1.165) is 50.5 Å². The lowest BCUT2D eigenvalue weighted by Crippen LogP contribution is -2.66. The van der Waals surface area contributed by atoms with Crippen molar-refractivity contribution in [3.63, 3.8) is 0 Å². The Morgan fingerprint density at radius 3 is 2.34 bits per heavy atom. The van der Waals surface area contributed by atoms with Gasteiger partial charge in [0.2, 0.25) is 5.91 Å². The second-order valence-electron chi connectivity index (χ2n) is 11.3.